The molecule has 0 fully saturated rings. The summed E-state index contributed by atoms with van der Waals surface area (Å²) in [6.07, 6.45) is 11.5. The quantitative estimate of drug-likeness (QED) is 0.134. The van der Waals surface area contributed by atoms with Crippen LogP contribution in [-0.4, -0.2) is 38.0 Å². The van der Waals surface area contributed by atoms with Gasteiger partial charge in [0.05, 0.1) is 6.54 Å². The predicted octanol–water partition coefficient (Wildman–Crippen LogP) is 4.75. The van der Waals surface area contributed by atoms with Crippen LogP contribution < -0.4 is 11.6 Å². The van der Waals surface area contributed by atoms with E-state index in [2.05, 4.69) is 47.6 Å². The maximum atomic E-state index is 6.41. The van der Waals surface area contributed by atoms with Gasteiger partial charge in [0.25, 0.3) is 0 Å². The minimum absolute atomic E-state index is 0.462. The summed E-state index contributed by atoms with van der Waals surface area (Å²) in [5, 5.41) is 15.9. The number of aliphatic imine (C=N–C) groups is 1. The Morgan fingerprint density at radius 2 is 1.88 bits per heavy atom. The Balaban J connectivity index is 2.21. The van der Waals surface area contributed by atoms with Gasteiger partial charge in [-0.2, -0.15) is 5.21 Å². The van der Waals surface area contributed by atoms with Crippen molar-refractivity contribution in [1.29, 1.82) is 0 Å². The number of nitrogens with two attached hydrogens (primary N) is 2. The Morgan fingerprint density at radius 3 is 2.55 bits per heavy atom. The van der Waals surface area contributed by atoms with Gasteiger partial charge in [-0.3, -0.25) is 5.01 Å². The van der Waals surface area contributed by atoms with Crippen molar-refractivity contribution >= 4 is 11.5 Å². The molecule has 2 rings (SSSR count). The Labute approximate surface area is 196 Å². The van der Waals surface area contributed by atoms with E-state index >= 15 is 0 Å². The molecule has 1 heterocycles. The van der Waals surface area contributed by atoms with Gasteiger partial charge < -0.3 is 5.73 Å². The molecule has 8 nitrogen and oxygen atoms in total. The lowest BCUT2D eigenvalue weighted by Crippen LogP contribution is -2.38. The van der Waals surface area contributed by atoms with Crippen LogP contribution in [0.5, 0.6) is 0 Å². The Bertz CT molecular complexity index is 986. The summed E-state index contributed by atoms with van der Waals surface area (Å²) >= 11 is 0. The second-order valence-electron chi connectivity index (χ2n) is 7.78. The second kappa shape index (κ2) is 13.8. The molecule has 33 heavy (non-hydrogen) atoms. The van der Waals surface area contributed by atoms with Gasteiger partial charge in [0, 0.05) is 28.9 Å². The number of aromatic nitrogens is 4. The topological polar surface area (TPSA) is 122 Å². The molecule has 1 aromatic heterocycles. The number of hydrazine groups is 1. The number of allylic oxidation sites excluding steroid dienone is 3. The number of nitrogens with one attached hydrogen (secondary N) is 1. The monoisotopic (exact) mass is 448 g/mol. The molecule has 8 heteroatoms. The van der Waals surface area contributed by atoms with Crippen LogP contribution in [0.25, 0.3) is 17.1 Å². The maximum Gasteiger partial charge on any atom is 0.205 e. The summed E-state index contributed by atoms with van der Waals surface area (Å²) in [7, 11) is 0. The van der Waals surface area contributed by atoms with E-state index in [9.17, 15) is 0 Å². The van der Waals surface area contributed by atoms with Crippen LogP contribution in [-0.2, 0) is 0 Å². The zero-order valence-electron chi connectivity index (χ0n) is 19.8. The van der Waals surface area contributed by atoms with Crippen LogP contribution >= 0.6 is 0 Å². The molecule has 0 bridgehead atoms. The highest BCUT2D eigenvalue weighted by Crippen LogP contribution is 2.23. The van der Waals surface area contributed by atoms with Crippen molar-refractivity contribution in [3.8, 4) is 11.4 Å². The number of hydrogen-bond acceptors (Lipinski definition) is 6. The summed E-state index contributed by atoms with van der Waals surface area (Å²) < 4.78 is 0. The third-order valence-corrected chi connectivity index (χ3v) is 5.11. The summed E-state index contributed by atoms with van der Waals surface area (Å²) in [6.45, 7) is 12.8. The van der Waals surface area contributed by atoms with Crippen molar-refractivity contribution in [2.75, 3.05) is 6.54 Å². The number of benzene rings is 1. The maximum absolute atomic E-state index is 6.41. The zero-order chi connectivity index (χ0) is 24.1. The van der Waals surface area contributed by atoms with Gasteiger partial charge in [0.2, 0.25) is 5.82 Å². The molecular formula is C25H36N8. The molecule has 0 unspecified atom stereocenters. The predicted molar refractivity (Wildman–Crippen MR) is 137 cm³/mol. The average molecular weight is 449 g/mol. The van der Waals surface area contributed by atoms with Gasteiger partial charge in [0.1, 0.15) is 5.84 Å². The first kappa shape index (κ1) is 25.7. The number of amidine groups is 1. The molecule has 0 amide bonds. The first-order valence-corrected chi connectivity index (χ1v) is 11.4. The summed E-state index contributed by atoms with van der Waals surface area (Å²) in [5.74, 6) is 7.74. The van der Waals surface area contributed by atoms with E-state index in [1.54, 1.807) is 11.1 Å². The number of hydrogen-bond donors (Lipinski definition) is 3. The smallest absolute Gasteiger partial charge is 0.205 e. The lowest BCUT2D eigenvalue weighted by molar-refractivity contribution is 0.465. The number of aromatic amines is 1. The fourth-order valence-electron chi connectivity index (χ4n) is 3.18. The van der Waals surface area contributed by atoms with Gasteiger partial charge in [-0.1, -0.05) is 76.3 Å². The highest BCUT2D eigenvalue weighted by atomic mass is 15.5. The largest absolute Gasteiger partial charge is 0.398 e. The molecule has 2 aromatic rings. The van der Waals surface area contributed by atoms with Crippen LogP contribution in [0.4, 0.5) is 0 Å². The van der Waals surface area contributed by atoms with Gasteiger partial charge in [-0.05, 0) is 36.1 Å². The van der Waals surface area contributed by atoms with Crippen molar-refractivity contribution in [3.05, 3.63) is 72.5 Å². The number of nitrogens with zero attached hydrogens (tertiary/aromatic N) is 5. The van der Waals surface area contributed by atoms with E-state index in [0.717, 1.165) is 66.8 Å². The molecule has 0 spiro atoms. The molecule has 0 aliphatic carbocycles. The van der Waals surface area contributed by atoms with E-state index in [0.29, 0.717) is 18.1 Å². The van der Waals surface area contributed by atoms with Gasteiger partial charge in [0.15, 0.2) is 0 Å². The Morgan fingerprint density at radius 1 is 1.15 bits per heavy atom. The molecule has 0 aliphatic rings. The summed E-state index contributed by atoms with van der Waals surface area (Å²) in [4.78, 5) is 4.72. The molecule has 176 valence electrons. The third-order valence-electron chi connectivity index (χ3n) is 5.11. The molecule has 0 saturated heterocycles. The standard InChI is InChI=1S/C25H36N8/c1-5-8-12-19(4)28-24(15-9-6-2)33(27)18-20(7-3)16-17-23(26)21-13-10-11-14-22(21)25-29-31-32-30-25/h7,10-11,13-14,16-17H,3-6,8-9,12,15,18,26-27H2,1-2H3,(H,29,30,31,32)/b20-16+,23-17-,28-24?. The van der Waals surface area contributed by atoms with Gasteiger partial charge in [-0.25, -0.2) is 10.8 Å². The molecule has 1 aromatic carbocycles. The minimum Gasteiger partial charge on any atom is -0.398 e. The Kier molecular flexibility index (Phi) is 10.8. The molecule has 0 saturated carbocycles. The number of tetrazole rings is 1. The molecule has 5 N–H and O–H groups in total. The molecule has 0 atom stereocenters. The summed E-state index contributed by atoms with van der Waals surface area (Å²) in [5.41, 5.74) is 10.4. The third kappa shape index (κ3) is 8.16. The minimum atomic E-state index is 0.462. The van der Waals surface area contributed by atoms with E-state index in [1.165, 1.54) is 0 Å². The first-order chi connectivity index (χ1) is 16.0. The SMILES string of the molecule is C=C/C(=C\C=C(/N)c1ccccc1-c1nn[nH]n1)CN(N)C(CCCC)=NC(=C)CCCC. The van der Waals surface area contributed by atoms with Crippen LogP contribution in [0, 0.1) is 0 Å². The average Bonchev–Trinajstić information content (AvgIpc) is 3.37. The molecule has 0 radical (unpaired) electrons. The first-order valence-electron chi connectivity index (χ1n) is 11.4. The van der Waals surface area contributed by atoms with Crippen LogP contribution in [0.2, 0.25) is 0 Å². The van der Waals surface area contributed by atoms with E-state index < -0.39 is 0 Å². The van der Waals surface area contributed by atoms with E-state index in [4.69, 9.17) is 16.6 Å². The number of H-pyrrole nitrogens is 1. The van der Waals surface area contributed by atoms with Gasteiger partial charge in [-0.15, -0.1) is 10.2 Å². The normalized spacial score (nSPS) is 12.6. The highest BCUT2D eigenvalue weighted by molar-refractivity contribution is 5.83. The fraction of sp³-hybridized carbons (Fsp3) is 0.360. The van der Waals surface area contributed by atoms with E-state index in [1.807, 2.05) is 36.4 Å². The fourth-order valence-corrected chi connectivity index (χ4v) is 3.18. The van der Waals surface area contributed by atoms with Crippen LogP contribution in [0.3, 0.4) is 0 Å². The Hall–Kier alpha value is -3.52. The van der Waals surface area contributed by atoms with Crippen molar-refractivity contribution in [3.63, 3.8) is 0 Å². The molecule has 0 aliphatic heterocycles. The molecular weight excluding hydrogens is 412 g/mol. The lowest BCUT2D eigenvalue weighted by Gasteiger charge is -2.22. The van der Waals surface area contributed by atoms with Crippen molar-refractivity contribution in [2.24, 2.45) is 16.6 Å². The van der Waals surface area contributed by atoms with Crippen molar-refractivity contribution in [1.82, 2.24) is 25.6 Å². The summed E-state index contributed by atoms with van der Waals surface area (Å²) in [6, 6.07) is 7.65. The van der Waals surface area contributed by atoms with Crippen LogP contribution in [0.15, 0.2) is 71.9 Å². The van der Waals surface area contributed by atoms with Crippen LogP contribution in [0.1, 0.15) is 57.9 Å². The van der Waals surface area contributed by atoms with Crippen molar-refractivity contribution in [2.45, 2.75) is 52.4 Å². The highest BCUT2D eigenvalue weighted by Gasteiger charge is 2.11. The number of rotatable bonds is 13. The van der Waals surface area contributed by atoms with Gasteiger partial charge >= 0.3 is 0 Å². The van der Waals surface area contributed by atoms with Crippen molar-refractivity contribution < 1.29 is 0 Å². The van der Waals surface area contributed by atoms with E-state index in [-0.39, 0.29) is 0 Å². The lowest BCUT2D eigenvalue weighted by atomic mass is 10.0. The number of unbranched alkanes of at least 4 members (excludes halogenated alkanes) is 2. The second-order valence-corrected chi connectivity index (χ2v) is 7.78. The zero-order valence-corrected chi connectivity index (χ0v) is 19.8.